The van der Waals surface area contributed by atoms with Crippen molar-refractivity contribution in [3.8, 4) is 0 Å². The lowest BCUT2D eigenvalue weighted by molar-refractivity contribution is -0.214. The molecule has 0 fully saturated rings. The maximum absolute atomic E-state index is 12.7. The molecule has 2 N–H and O–H groups in total. The molecule has 17 heavy (non-hydrogen) atoms. The van der Waals surface area contributed by atoms with Crippen LogP contribution in [0.15, 0.2) is 0 Å². The summed E-state index contributed by atoms with van der Waals surface area (Å²) < 4.78 is 42.5. The van der Waals surface area contributed by atoms with E-state index in [0.29, 0.717) is 6.92 Å². The maximum atomic E-state index is 12.7. The first kappa shape index (κ1) is 15.5. The highest BCUT2D eigenvalue weighted by molar-refractivity contribution is 5.86. The Morgan fingerprint density at radius 1 is 1.12 bits per heavy atom. The van der Waals surface area contributed by atoms with Crippen molar-refractivity contribution >= 4 is 12.1 Å². The average Bonchev–Trinajstić information content (AvgIpc) is 1.96. The van der Waals surface area contributed by atoms with Crippen molar-refractivity contribution in [2.45, 2.75) is 45.0 Å². The van der Waals surface area contributed by atoms with Gasteiger partial charge in [0.15, 0.2) is 0 Å². The molecule has 0 rings (SSSR count). The second kappa shape index (κ2) is 4.42. The van der Waals surface area contributed by atoms with E-state index >= 15 is 0 Å². The molecule has 0 aliphatic carbocycles. The minimum absolute atomic E-state index is 0.412. The molecule has 5 nitrogen and oxygen atoms in total. The van der Waals surface area contributed by atoms with Gasteiger partial charge in [-0.15, -0.1) is 0 Å². The van der Waals surface area contributed by atoms with Gasteiger partial charge in [-0.05, 0) is 27.7 Å². The number of hydrogen-bond acceptors (Lipinski definition) is 3. The fourth-order valence-corrected chi connectivity index (χ4v) is 0.832. The second-order valence-corrected chi connectivity index (χ2v) is 4.55. The summed E-state index contributed by atoms with van der Waals surface area (Å²) in [5, 5.41) is 9.48. The van der Waals surface area contributed by atoms with Gasteiger partial charge in [0.25, 0.3) is 0 Å². The van der Waals surface area contributed by atoms with Crippen LogP contribution in [-0.2, 0) is 9.53 Å². The number of rotatable bonds is 2. The third-order valence-electron chi connectivity index (χ3n) is 1.73. The summed E-state index contributed by atoms with van der Waals surface area (Å²) in [5.41, 5.74) is -4.43. The number of carbonyl (C=O) groups is 2. The first-order valence-corrected chi connectivity index (χ1v) is 4.61. The summed E-state index contributed by atoms with van der Waals surface area (Å²) in [6.07, 6.45) is -7.05. The van der Waals surface area contributed by atoms with Crippen molar-refractivity contribution in [2.75, 3.05) is 0 Å². The third kappa shape index (κ3) is 4.12. The van der Waals surface area contributed by atoms with E-state index < -0.39 is 29.4 Å². The molecule has 0 aliphatic rings. The first-order chi connectivity index (χ1) is 7.29. The van der Waals surface area contributed by atoms with E-state index in [2.05, 4.69) is 4.74 Å². The fraction of sp³-hybridized carbons (Fsp3) is 0.778. The van der Waals surface area contributed by atoms with E-state index in [9.17, 15) is 22.8 Å². The number of esters is 1. The summed E-state index contributed by atoms with van der Waals surface area (Å²) in [6, 6.07) is 0. The molecule has 1 atom stereocenters. The van der Waals surface area contributed by atoms with Gasteiger partial charge in [-0.2, -0.15) is 13.2 Å². The lowest BCUT2D eigenvalue weighted by Crippen LogP contribution is -2.63. The van der Waals surface area contributed by atoms with E-state index in [-0.39, 0.29) is 0 Å². The van der Waals surface area contributed by atoms with Gasteiger partial charge in [0.2, 0.25) is 5.54 Å². The highest BCUT2D eigenvalue weighted by atomic mass is 19.4. The number of halogens is 3. The Hall–Kier alpha value is -1.47. The van der Waals surface area contributed by atoms with Gasteiger partial charge < -0.3 is 9.84 Å². The Morgan fingerprint density at radius 2 is 1.53 bits per heavy atom. The molecule has 1 amide bonds. The molecule has 0 spiro atoms. The summed E-state index contributed by atoms with van der Waals surface area (Å²) in [4.78, 5) is 21.7. The topological polar surface area (TPSA) is 75.6 Å². The SMILES string of the molecule is CC(C)(C)OC(=O)C(C)(NC(=O)O)C(F)(F)F. The molecule has 8 heteroatoms. The minimum Gasteiger partial charge on any atom is -0.465 e. The lowest BCUT2D eigenvalue weighted by Gasteiger charge is -2.32. The predicted octanol–water partition coefficient (Wildman–Crippen LogP) is 1.92. The van der Waals surface area contributed by atoms with Crippen molar-refractivity contribution in [2.24, 2.45) is 0 Å². The van der Waals surface area contributed by atoms with Crippen LogP contribution in [-0.4, -0.2) is 34.5 Å². The Bertz CT molecular complexity index is 321. The zero-order valence-corrected chi connectivity index (χ0v) is 9.81. The van der Waals surface area contributed by atoms with Gasteiger partial charge in [0, 0.05) is 0 Å². The molecule has 0 aromatic carbocycles. The Labute approximate surface area is 95.9 Å². The first-order valence-electron chi connectivity index (χ1n) is 4.61. The van der Waals surface area contributed by atoms with Gasteiger partial charge in [0.05, 0.1) is 0 Å². The van der Waals surface area contributed by atoms with Crippen LogP contribution >= 0.6 is 0 Å². The van der Waals surface area contributed by atoms with Gasteiger partial charge >= 0.3 is 18.2 Å². The average molecular weight is 257 g/mol. The molecule has 0 radical (unpaired) electrons. The molecule has 0 aromatic rings. The summed E-state index contributed by atoms with van der Waals surface area (Å²) in [7, 11) is 0. The van der Waals surface area contributed by atoms with Gasteiger partial charge in [0.1, 0.15) is 5.60 Å². The number of ether oxygens (including phenoxy) is 1. The normalized spacial score (nSPS) is 15.9. The quantitative estimate of drug-likeness (QED) is 0.741. The number of alkyl halides is 3. The molecule has 0 saturated heterocycles. The third-order valence-corrected chi connectivity index (χ3v) is 1.73. The number of amides is 1. The Balaban J connectivity index is 5.21. The largest absolute Gasteiger partial charge is 0.465 e. The molecule has 0 aromatic heterocycles. The zero-order valence-electron chi connectivity index (χ0n) is 9.81. The van der Waals surface area contributed by atoms with E-state index in [1.807, 2.05) is 0 Å². The highest BCUT2D eigenvalue weighted by Gasteiger charge is 2.60. The van der Waals surface area contributed by atoms with Crippen LogP contribution in [0.1, 0.15) is 27.7 Å². The van der Waals surface area contributed by atoms with E-state index in [1.54, 1.807) is 0 Å². The lowest BCUT2D eigenvalue weighted by atomic mass is 10.0. The number of nitrogens with one attached hydrogen (secondary N) is 1. The summed E-state index contributed by atoms with van der Waals surface area (Å²) in [5.74, 6) is -1.69. The van der Waals surface area contributed by atoms with Crippen LogP contribution in [0.25, 0.3) is 0 Å². The molecule has 1 unspecified atom stereocenters. The van der Waals surface area contributed by atoms with E-state index in [4.69, 9.17) is 5.11 Å². The molecule has 0 saturated carbocycles. The van der Waals surface area contributed by atoms with E-state index in [0.717, 1.165) is 5.32 Å². The molecular formula is C9H14F3NO4. The van der Waals surface area contributed by atoms with Crippen molar-refractivity contribution < 1.29 is 32.6 Å². The van der Waals surface area contributed by atoms with Crippen molar-refractivity contribution in [1.29, 1.82) is 0 Å². The molecule has 100 valence electrons. The molecule has 0 aliphatic heterocycles. The fourth-order valence-electron chi connectivity index (χ4n) is 0.832. The van der Waals surface area contributed by atoms with Crippen LogP contribution in [0.5, 0.6) is 0 Å². The predicted molar refractivity (Wildman–Crippen MR) is 51.5 cm³/mol. The monoisotopic (exact) mass is 257 g/mol. The maximum Gasteiger partial charge on any atom is 0.422 e. The summed E-state index contributed by atoms with van der Waals surface area (Å²) >= 11 is 0. The smallest absolute Gasteiger partial charge is 0.422 e. The molecule has 0 bridgehead atoms. The van der Waals surface area contributed by atoms with Crippen LogP contribution < -0.4 is 5.32 Å². The second-order valence-electron chi connectivity index (χ2n) is 4.55. The number of carbonyl (C=O) groups excluding carboxylic acids is 1. The van der Waals surface area contributed by atoms with Gasteiger partial charge in [-0.3, -0.25) is 5.32 Å². The van der Waals surface area contributed by atoms with Crippen LogP contribution in [0.4, 0.5) is 18.0 Å². The van der Waals surface area contributed by atoms with E-state index in [1.165, 1.54) is 20.8 Å². The van der Waals surface area contributed by atoms with Gasteiger partial charge in [-0.25, -0.2) is 9.59 Å². The van der Waals surface area contributed by atoms with Crippen molar-refractivity contribution in [3.05, 3.63) is 0 Å². The standard InChI is InChI=1S/C9H14F3NO4/c1-7(2,3)17-5(14)8(4,9(10,11)12)13-6(15)16/h13H,1-4H3,(H,15,16). The number of carboxylic acid groups (broad SMARTS) is 1. The van der Waals surface area contributed by atoms with Crippen molar-refractivity contribution in [1.82, 2.24) is 5.32 Å². The summed E-state index contributed by atoms with van der Waals surface area (Å²) in [6.45, 7) is 4.54. The van der Waals surface area contributed by atoms with Crippen LogP contribution in [0, 0.1) is 0 Å². The van der Waals surface area contributed by atoms with Crippen LogP contribution in [0.3, 0.4) is 0 Å². The zero-order chi connectivity index (χ0) is 14.1. The van der Waals surface area contributed by atoms with Crippen molar-refractivity contribution in [3.63, 3.8) is 0 Å². The molecular weight excluding hydrogens is 243 g/mol. The minimum atomic E-state index is -5.09. The number of hydrogen-bond donors (Lipinski definition) is 2. The highest BCUT2D eigenvalue weighted by Crippen LogP contribution is 2.32. The molecule has 0 heterocycles. The van der Waals surface area contributed by atoms with Crippen LogP contribution in [0.2, 0.25) is 0 Å². The Kier molecular flexibility index (Phi) is 4.04. The van der Waals surface area contributed by atoms with Gasteiger partial charge in [-0.1, -0.05) is 0 Å². The Morgan fingerprint density at radius 3 is 1.76 bits per heavy atom.